The van der Waals surface area contributed by atoms with E-state index in [1.807, 2.05) is 6.07 Å². The highest BCUT2D eigenvalue weighted by Gasteiger charge is 2.20. The Balaban J connectivity index is 1.72. The molecule has 0 bridgehead atoms. The Hall–Kier alpha value is -0.910. The minimum absolute atomic E-state index is 0.0944. The van der Waals surface area contributed by atoms with Gasteiger partial charge in [-0.1, -0.05) is 34.1 Å². The van der Waals surface area contributed by atoms with Crippen LogP contribution in [0.5, 0.6) is 0 Å². The Morgan fingerprint density at radius 3 is 2.70 bits per heavy atom. The molecule has 5 heteroatoms. The summed E-state index contributed by atoms with van der Waals surface area (Å²) in [6.45, 7) is 3.27. The number of benzene rings is 1. The molecule has 0 aromatic heterocycles. The van der Waals surface area contributed by atoms with Crippen molar-refractivity contribution in [2.75, 3.05) is 19.7 Å². The lowest BCUT2D eigenvalue weighted by molar-refractivity contribution is -0.138. The minimum Gasteiger partial charge on any atom is -0.481 e. The van der Waals surface area contributed by atoms with Crippen LogP contribution in [0.1, 0.15) is 24.8 Å². The number of carboxylic acids is 1. The Bertz CT molecular complexity index is 444. The molecule has 1 aromatic carbocycles. The van der Waals surface area contributed by atoms with E-state index < -0.39 is 5.97 Å². The van der Waals surface area contributed by atoms with Crippen LogP contribution in [0.15, 0.2) is 28.7 Å². The number of aliphatic carboxylic acids is 1. The summed E-state index contributed by atoms with van der Waals surface area (Å²) in [5, 5.41) is 8.58. The lowest BCUT2D eigenvalue weighted by Gasteiger charge is -2.32. The van der Waals surface area contributed by atoms with Gasteiger partial charge in [0.25, 0.3) is 0 Å². The second-order valence-corrected chi connectivity index (χ2v) is 5.94. The fourth-order valence-electron chi connectivity index (χ4n) is 2.41. The first-order valence-electron chi connectivity index (χ1n) is 6.94. The van der Waals surface area contributed by atoms with Gasteiger partial charge in [0.05, 0.1) is 19.1 Å². The van der Waals surface area contributed by atoms with E-state index in [4.69, 9.17) is 9.84 Å². The smallest absolute Gasteiger partial charge is 0.305 e. The summed E-state index contributed by atoms with van der Waals surface area (Å²) >= 11 is 3.58. The normalized spacial score (nSPS) is 17.2. The maximum atomic E-state index is 10.4. The van der Waals surface area contributed by atoms with Crippen molar-refractivity contribution in [2.24, 2.45) is 0 Å². The first-order valence-corrected chi connectivity index (χ1v) is 7.73. The van der Waals surface area contributed by atoms with Crippen LogP contribution in [0.2, 0.25) is 0 Å². The topological polar surface area (TPSA) is 49.8 Å². The fraction of sp³-hybridized carbons (Fsp3) is 0.533. The number of halogens is 1. The first-order chi connectivity index (χ1) is 9.65. The second kappa shape index (κ2) is 7.76. The maximum Gasteiger partial charge on any atom is 0.305 e. The van der Waals surface area contributed by atoms with Gasteiger partial charge in [0.15, 0.2) is 0 Å². The predicted octanol–water partition coefficient (Wildman–Crippen LogP) is 2.90. The van der Waals surface area contributed by atoms with Gasteiger partial charge in [-0.05, 0) is 24.5 Å². The molecule has 4 nitrogen and oxygen atoms in total. The number of likely N-dealkylation sites (tertiary alicyclic amines) is 1. The summed E-state index contributed by atoms with van der Waals surface area (Å²) in [4.78, 5) is 12.8. The summed E-state index contributed by atoms with van der Waals surface area (Å²) in [7, 11) is 0. The highest BCUT2D eigenvalue weighted by Crippen LogP contribution is 2.21. The molecule has 0 amide bonds. The predicted molar refractivity (Wildman–Crippen MR) is 80.6 cm³/mol. The first kappa shape index (κ1) is 15.5. The van der Waals surface area contributed by atoms with Gasteiger partial charge in [-0.3, -0.25) is 9.69 Å². The van der Waals surface area contributed by atoms with Gasteiger partial charge in [0.2, 0.25) is 0 Å². The molecule has 110 valence electrons. The van der Waals surface area contributed by atoms with Gasteiger partial charge in [-0.15, -0.1) is 0 Å². The average molecular weight is 342 g/mol. The van der Waals surface area contributed by atoms with Crippen LogP contribution in [0, 0.1) is 0 Å². The molecule has 0 radical (unpaired) electrons. The number of carboxylic acid groups (broad SMARTS) is 1. The maximum absolute atomic E-state index is 10.4. The summed E-state index contributed by atoms with van der Waals surface area (Å²) in [5.74, 6) is -0.795. The molecule has 2 rings (SSSR count). The lowest BCUT2D eigenvalue weighted by atomic mass is 10.1. The van der Waals surface area contributed by atoms with Gasteiger partial charge in [0, 0.05) is 24.1 Å². The standard InChI is InChI=1S/C15H20BrNO3/c16-14-4-2-1-3-12(14)11-17-8-5-13(6-9-17)20-10-7-15(18)19/h1-4,13H,5-11H2,(H,18,19). The summed E-state index contributed by atoms with van der Waals surface area (Å²) in [5.41, 5.74) is 1.30. The van der Waals surface area contributed by atoms with Gasteiger partial charge in [-0.2, -0.15) is 0 Å². The van der Waals surface area contributed by atoms with Crippen LogP contribution < -0.4 is 0 Å². The van der Waals surface area contributed by atoms with E-state index in [-0.39, 0.29) is 12.5 Å². The molecular formula is C15H20BrNO3. The van der Waals surface area contributed by atoms with Crippen molar-refractivity contribution in [3.05, 3.63) is 34.3 Å². The van der Waals surface area contributed by atoms with E-state index >= 15 is 0 Å². The SMILES string of the molecule is O=C(O)CCOC1CCN(Cc2ccccc2Br)CC1. The zero-order valence-electron chi connectivity index (χ0n) is 11.4. The van der Waals surface area contributed by atoms with Crippen molar-refractivity contribution in [3.63, 3.8) is 0 Å². The van der Waals surface area contributed by atoms with Gasteiger partial charge in [0.1, 0.15) is 0 Å². The molecule has 1 saturated heterocycles. The molecule has 0 aliphatic carbocycles. The van der Waals surface area contributed by atoms with Crippen molar-refractivity contribution in [2.45, 2.75) is 31.9 Å². The number of hydrogen-bond acceptors (Lipinski definition) is 3. The quantitative estimate of drug-likeness (QED) is 0.864. The molecule has 1 aromatic rings. The van der Waals surface area contributed by atoms with Crippen molar-refractivity contribution in [1.82, 2.24) is 4.90 Å². The van der Waals surface area contributed by atoms with Crippen molar-refractivity contribution >= 4 is 21.9 Å². The molecule has 0 atom stereocenters. The van der Waals surface area contributed by atoms with Crippen LogP contribution >= 0.6 is 15.9 Å². The van der Waals surface area contributed by atoms with Crippen LogP contribution in [0.4, 0.5) is 0 Å². The third-order valence-electron chi connectivity index (χ3n) is 3.56. The molecule has 1 aliphatic heterocycles. The third-order valence-corrected chi connectivity index (χ3v) is 4.33. The van der Waals surface area contributed by atoms with Gasteiger partial charge < -0.3 is 9.84 Å². The minimum atomic E-state index is -0.795. The number of nitrogens with zero attached hydrogens (tertiary/aromatic N) is 1. The molecule has 20 heavy (non-hydrogen) atoms. The summed E-state index contributed by atoms with van der Waals surface area (Å²) < 4.78 is 6.75. The van der Waals surface area contributed by atoms with Gasteiger partial charge in [-0.25, -0.2) is 0 Å². The van der Waals surface area contributed by atoms with Crippen LogP contribution in [-0.2, 0) is 16.1 Å². The Morgan fingerprint density at radius 2 is 2.05 bits per heavy atom. The van der Waals surface area contributed by atoms with Crippen molar-refractivity contribution in [3.8, 4) is 0 Å². The molecule has 1 N–H and O–H groups in total. The highest BCUT2D eigenvalue weighted by molar-refractivity contribution is 9.10. The number of carbonyl (C=O) groups is 1. The summed E-state index contributed by atoms with van der Waals surface area (Å²) in [6.07, 6.45) is 2.26. The molecule has 1 aliphatic rings. The largest absolute Gasteiger partial charge is 0.481 e. The zero-order valence-corrected chi connectivity index (χ0v) is 13.0. The number of hydrogen-bond donors (Lipinski definition) is 1. The Kier molecular flexibility index (Phi) is 6.01. The molecular weight excluding hydrogens is 322 g/mol. The van der Waals surface area contributed by atoms with Crippen LogP contribution in [-0.4, -0.2) is 41.8 Å². The van der Waals surface area contributed by atoms with E-state index in [0.717, 1.165) is 36.9 Å². The third kappa shape index (κ3) is 4.89. The van der Waals surface area contributed by atoms with Crippen molar-refractivity contribution < 1.29 is 14.6 Å². The Morgan fingerprint density at radius 1 is 1.35 bits per heavy atom. The fourth-order valence-corrected chi connectivity index (χ4v) is 2.82. The second-order valence-electron chi connectivity index (χ2n) is 5.08. The Labute approximate surface area is 127 Å². The molecule has 0 saturated carbocycles. The zero-order chi connectivity index (χ0) is 14.4. The van der Waals surface area contributed by atoms with Gasteiger partial charge >= 0.3 is 5.97 Å². The average Bonchev–Trinajstić information content (AvgIpc) is 2.43. The van der Waals surface area contributed by atoms with E-state index in [0.29, 0.717) is 6.61 Å². The number of piperidine rings is 1. The molecule has 0 unspecified atom stereocenters. The van der Waals surface area contributed by atoms with E-state index in [1.54, 1.807) is 0 Å². The van der Waals surface area contributed by atoms with E-state index in [1.165, 1.54) is 5.56 Å². The van der Waals surface area contributed by atoms with Crippen LogP contribution in [0.3, 0.4) is 0 Å². The lowest BCUT2D eigenvalue weighted by Crippen LogP contribution is -2.36. The van der Waals surface area contributed by atoms with E-state index in [2.05, 4.69) is 39.0 Å². The molecule has 1 heterocycles. The summed E-state index contributed by atoms with van der Waals surface area (Å²) in [6, 6.07) is 8.29. The molecule has 0 spiro atoms. The number of ether oxygens (including phenoxy) is 1. The van der Waals surface area contributed by atoms with E-state index in [9.17, 15) is 4.79 Å². The molecule has 1 fully saturated rings. The van der Waals surface area contributed by atoms with Crippen molar-refractivity contribution in [1.29, 1.82) is 0 Å². The highest BCUT2D eigenvalue weighted by atomic mass is 79.9. The number of rotatable bonds is 6. The monoisotopic (exact) mass is 341 g/mol. The van der Waals surface area contributed by atoms with Crippen LogP contribution in [0.25, 0.3) is 0 Å².